The Balaban J connectivity index is 1.10. The number of rotatable bonds is 6. The van der Waals surface area contributed by atoms with E-state index in [0.717, 1.165) is 45.6 Å². The van der Waals surface area contributed by atoms with Gasteiger partial charge >= 0.3 is 0 Å². The molecule has 1 aliphatic carbocycles. The van der Waals surface area contributed by atoms with Crippen molar-refractivity contribution < 1.29 is 0 Å². The Bertz CT molecular complexity index is 3440. The molecular weight excluding hydrogens is 755 g/mol. The van der Waals surface area contributed by atoms with E-state index in [1.807, 2.05) is 0 Å². The molecule has 2 aromatic heterocycles. The zero-order chi connectivity index (χ0) is 41.0. The summed E-state index contributed by atoms with van der Waals surface area (Å²) in [5.74, 6) is 1.67. The van der Waals surface area contributed by atoms with E-state index in [2.05, 4.69) is 233 Å². The summed E-state index contributed by atoms with van der Waals surface area (Å²) in [6, 6.07) is 69.7. The molecule has 0 saturated heterocycles. The second-order valence-electron chi connectivity index (χ2n) is 16.1. The van der Waals surface area contributed by atoms with Crippen LogP contribution in [0.1, 0.15) is 12.0 Å². The number of nitrogens with zero attached hydrogens (tertiary/aromatic N) is 4. The van der Waals surface area contributed by atoms with Gasteiger partial charge in [-0.05, 0) is 64.6 Å². The maximum atomic E-state index is 5.46. The minimum atomic E-state index is -0.206. The van der Waals surface area contributed by atoms with Crippen LogP contribution in [0.2, 0.25) is 0 Å². The number of aromatic nitrogens is 2. The molecule has 5 heteroatoms. The summed E-state index contributed by atoms with van der Waals surface area (Å²) < 4.78 is 4.76. The molecule has 1 N–H and O–H groups in total. The summed E-state index contributed by atoms with van der Waals surface area (Å²) in [6.07, 6.45) is 9.44. The third-order valence-electron chi connectivity index (χ3n) is 12.5. The summed E-state index contributed by atoms with van der Waals surface area (Å²) in [7, 11) is 0. The quantitative estimate of drug-likeness (QED) is 0.179. The predicted octanol–water partition coefficient (Wildman–Crippen LogP) is 13.6. The summed E-state index contributed by atoms with van der Waals surface area (Å²) >= 11 is 0. The van der Waals surface area contributed by atoms with E-state index in [4.69, 9.17) is 9.98 Å². The lowest BCUT2D eigenvalue weighted by molar-refractivity contribution is 0.474. The average molecular weight is 796 g/mol. The van der Waals surface area contributed by atoms with Gasteiger partial charge < -0.3 is 9.88 Å². The highest BCUT2D eigenvalue weighted by Gasteiger charge is 2.29. The zero-order valence-corrected chi connectivity index (χ0v) is 33.9. The van der Waals surface area contributed by atoms with Crippen molar-refractivity contribution in [1.29, 1.82) is 0 Å². The van der Waals surface area contributed by atoms with E-state index in [0.29, 0.717) is 5.96 Å². The monoisotopic (exact) mass is 795 g/mol. The second kappa shape index (κ2) is 14.9. The molecule has 1 aliphatic heterocycles. The van der Waals surface area contributed by atoms with Crippen LogP contribution >= 0.6 is 0 Å². The molecule has 2 atom stereocenters. The van der Waals surface area contributed by atoms with E-state index in [1.165, 1.54) is 54.9 Å². The summed E-state index contributed by atoms with van der Waals surface area (Å²) in [5.41, 5.74) is 13.7. The minimum absolute atomic E-state index is 0.173. The van der Waals surface area contributed by atoms with Gasteiger partial charge in [0, 0.05) is 38.6 Å². The van der Waals surface area contributed by atoms with Crippen LogP contribution in [0, 0.1) is 5.92 Å². The number of benzene rings is 8. The number of nitrogens with one attached hydrogen (secondary N) is 1. The zero-order valence-electron chi connectivity index (χ0n) is 33.9. The van der Waals surface area contributed by atoms with Gasteiger partial charge in [0.15, 0.2) is 0 Å². The van der Waals surface area contributed by atoms with E-state index < -0.39 is 0 Å². The topological polar surface area (TPSA) is 46.6 Å². The van der Waals surface area contributed by atoms with E-state index in [1.54, 1.807) is 0 Å². The largest absolute Gasteiger partial charge is 0.347 e. The van der Waals surface area contributed by atoms with Gasteiger partial charge in [0.05, 0.1) is 27.8 Å². The molecule has 0 saturated carbocycles. The standard InChI is InChI=1S/C57H41N5/c1-5-18-38(19-6-1)39-32-34-43(35-33-39)56-58-55(42-24-11-4-12-25-42)59-57(60-56)62-48-30-16-14-27-46(48)54-51(62)37-36-50-53(54)45-26-13-15-29-47(45)61(50)49-31-17-28-44(40-20-7-2-8-21-40)52(49)41-22-9-3-10-23-41/h1-24,26-37,42,55H,25H2,(H,58,59,60). The number of allylic oxidation sites excluding steroid dienone is 3. The van der Waals surface area contributed by atoms with Crippen LogP contribution in [0.15, 0.2) is 228 Å². The third-order valence-corrected chi connectivity index (χ3v) is 12.5. The Labute approximate surface area is 360 Å². The number of aliphatic imine (C=N–C) groups is 2. The number of amidine groups is 1. The van der Waals surface area contributed by atoms with Crippen molar-refractivity contribution in [2.75, 3.05) is 0 Å². The van der Waals surface area contributed by atoms with Crippen LogP contribution in [0.4, 0.5) is 0 Å². The average Bonchev–Trinajstić information content (AvgIpc) is 3.87. The van der Waals surface area contributed by atoms with Crippen LogP contribution in [-0.4, -0.2) is 27.1 Å². The van der Waals surface area contributed by atoms with Crippen LogP contribution < -0.4 is 5.32 Å². The predicted molar refractivity (Wildman–Crippen MR) is 259 cm³/mol. The van der Waals surface area contributed by atoms with Crippen molar-refractivity contribution in [1.82, 2.24) is 14.5 Å². The van der Waals surface area contributed by atoms with E-state index >= 15 is 0 Å². The van der Waals surface area contributed by atoms with Gasteiger partial charge in [0.25, 0.3) is 0 Å². The molecule has 5 nitrogen and oxygen atoms in total. The SMILES string of the molecule is C1=CCC(C2N=C(n3c4ccccc4c4c5c6ccccc6n(-c6cccc(-c7ccccc7)c6-c6ccccc6)c5ccc43)N=C(c3ccc(-c4ccccc4)cc3)N2)C=C1. The normalized spacial score (nSPS) is 16.2. The maximum absolute atomic E-state index is 5.46. The van der Waals surface area contributed by atoms with Gasteiger partial charge in [0.1, 0.15) is 12.0 Å². The van der Waals surface area contributed by atoms with E-state index in [9.17, 15) is 0 Å². The molecule has 62 heavy (non-hydrogen) atoms. The van der Waals surface area contributed by atoms with Gasteiger partial charge in [-0.2, -0.15) is 4.99 Å². The fourth-order valence-electron chi connectivity index (χ4n) is 9.69. The molecular formula is C57H41N5. The van der Waals surface area contributed by atoms with E-state index in [-0.39, 0.29) is 12.1 Å². The minimum Gasteiger partial charge on any atom is -0.347 e. The Morgan fingerprint density at radius 3 is 1.68 bits per heavy atom. The molecule has 2 aliphatic rings. The smallest absolute Gasteiger partial charge is 0.234 e. The number of hydrogen-bond donors (Lipinski definition) is 1. The fraction of sp³-hybridized carbons (Fsp3) is 0.0526. The van der Waals surface area contributed by atoms with Gasteiger partial charge in [-0.25, -0.2) is 4.99 Å². The Morgan fingerprint density at radius 2 is 1.02 bits per heavy atom. The van der Waals surface area contributed by atoms with Crippen LogP contribution in [0.3, 0.4) is 0 Å². The summed E-state index contributed by atoms with van der Waals surface area (Å²) in [4.78, 5) is 10.9. The first-order valence-corrected chi connectivity index (χ1v) is 21.4. The lowest BCUT2D eigenvalue weighted by atomic mass is 9.93. The lowest BCUT2D eigenvalue weighted by Crippen LogP contribution is -2.43. The summed E-state index contributed by atoms with van der Waals surface area (Å²) in [5, 5.41) is 8.53. The Morgan fingerprint density at radius 1 is 0.452 bits per heavy atom. The Kier molecular flexibility index (Phi) is 8.63. The van der Waals surface area contributed by atoms with Gasteiger partial charge in [-0.15, -0.1) is 0 Å². The van der Waals surface area contributed by atoms with Crippen molar-refractivity contribution in [3.8, 4) is 39.1 Å². The fourth-order valence-corrected chi connectivity index (χ4v) is 9.69. The molecule has 8 aromatic carbocycles. The van der Waals surface area contributed by atoms with Gasteiger partial charge in [-0.1, -0.05) is 188 Å². The first-order chi connectivity index (χ1) is 30.8. The second-order valence-corrected chi connectivity index (χ2v) is 16.1. The van der Waals surface area contributed by atoms with Crippen molar-refractivity contribution >= 4 is 55.4 Å². The van der Waals surface area contributed by atoms with Gasteiger partial charge in [0.2, 0.25) is 5.96 Å². The highest BCUT2D eigenvalue weighted by Crippen LogP contribution is 2.45. The Hall–Kier alpha value is -8.02. The molecule has 10 aromatic rings. The summed E-state index contributed by atoms with van der Waals surface area (Å²) in [6.45, 7) is 0. The number of fused-ring (bicyclic) bond motifs is 7. The molecule has 12 rings (SSSR count). The number of hydrogen-bond acceptors (Lipinski definition) is 3. The van der Waals surface area contributed by atoms with Crippen molar-refractivity contribution in [3.63, 3.8) is 0 Å². The highest BCUT2D eigenvalue weighted by atomic mass is 15.3. The molecule has 0 amide bonds. The molecule has 0 radical (unpaired) electrons. The molecule has 0 fully saturated rings. The molecule has 2 unspecified atom stereocenters. The van der Waals surface area contributed by atoms with Crippen molar-refractivity contribution in [2.45, 2.75) is 12.6 Å². The highest BCUT2D eigenvalue weighted by molar-refractivity contribution is 6.30. The molecule has 0 spiro atoms. The first kappa shape index (κ1) is 35.9. The molecule has 294 valence electrons. The first-order valence-electron chi connectivity index (χ1n) is 21.4. The number of para-hydroxylation sites is 2. The third kappa shape index (κ3) is 5.93. The maximum Gasteiger partial charge on any atom is 0.234 e. The van der Waals surface area contributed by atoms with Crippen molar-refractivity contribution in [3.05, 3.63) is 224 Å². The van der Waals surface area contributed by atoms with Crippen LogP contribution in [0.5, 0.6) is 0 Å². The van der Waals surface area contributed by atoms with Crippen LogP contribution in [-0.2, 0) is 0 Å². The molecule has 3 heterocycles. The van der Waals surface area contributed by atoms with Gasteiger partial charge in [-0.3, -0.25) is 4.57 Å². The van der Waals surface area contributed by atoms with Crippen LogP contribution in [0.25, 0.3) is 82.7 Å². The molecule has 0 bridgehead atoms. The van der Waals surface area contributed by atoms with Crippen molar-refractivity contribution in [2.24, 2.45) is 15.9 Å². The lowest BCUT2D eigenvalue weighted by Gasteiger charge is -2.28.